The average molecular weight is 1150 g/mol. The Morgan fingerprint density at radius 1 is 0.167 bits per heavy atom. The molecular weight excluding hydrogens is 1050 g/mol. The molecule has 1 fully saturated rings. The molecule has 1 aliphatic heterocycles. The Bertz CT molecular complexity index is 1550. The molecule has 0 aromatic heterocycles. The number of hydrogen-bond donors (Lipinski definition) is 0. The van der Waals surface area contributed by atoms with E-state index in [1.165, 1.54) is 0 Å². The highest BCUT2D eigenvalue weighted by atomic mass is 28.5. The van der Waals surface area contributed by atoms with Crippen molar-refractivity contribution in [3.63, 3.8) is 0 Å². The second-order valence-corrected chi connectivity index (χ2v) is 65.6. The molecule has 0 atom stereocenters. The van der Waals surface area contributed by atoms with Gasteiger partial charge in [-0.2, -0.15) is 0 Å². The van der Waals surface area contributed by atoms with Crippen LogP contribution in [0.2, 0.25) is 45.3 Å². The molecule has 0 aromatic carbocycles. The van der Waals surface area contributed by atoms with Crippen LogP contribution in [-0.2, 0) is 37.0 Å². The van der Waals surface area contributed by atoms with Gasteiger partial charge in [0.2, 0.25) is 0 Å². The fraction of sp³-hybridized carbons (Fsp3) is 0.667. The van der Waals surface area contributed by atoms with E-state index in [0.29, 0.717) is 0 Å². The zero-order chi connectivity index (χ0) is 57.7. The van der Waals surface area contributed by atoms with Gasteiger partial charge >= 0.3 is 77.0 Å². The summed E-state index contributed by atoms with van der Waals surface area (Å²) < 4.78 is 73.2. The molecule has 0 aliphatic carbocycles. The van der Waals surface area contributed by atoms with E-state index in [1.807, 2.05) is 51.3 Å². The third-order valence-electron chi connectivity index (χ3n) is 14.6. The van der Waals surface area contributed by atoms with Gasteiger partial charge in [0.25, 0.3) is 0 Å². The van der Waals surface area contributed by atoms with E-state index in [2.05, 4.69) is 246 Å². The van der Waals surface area contributed by atoms with Crippen LogP contribution in [0.3, 0.4) is 0 Å². The predicted molar refractivity (Wildman–Crippen MR) is 331 cm³/mol. The molecule has 1 aliphatic rings. The van der Waals surface area contributed by atoms with E-state index in [4.69, 9.17) is 37.0 Å². The second-order valence-electron chi connectivity index (χ2n) is 29.0. The summed E-state index contributed by atoms with van der Waals surface area (Å²) in [4.78, 5) is 0. The molecule has 18 heteroatoms. The lowest BCUT2D eigenvalue weighted by Gasteiger charge is -2.60. The van der Waals surface area contributed by atoms with Crippen LogP contribution in [0, 0.1) is 0 Å². The summed E-state index contributed by atoms with van der Waals surface area (Å²) in [6, 6.07) is 0. The van der Waals surface area contributed by atoms with E-state index in [0.717, 1.165) is 0 Å². The van der Waals surface area contributed by atoms with Crippen molar-refractivity contribution >= 4 is 77.0 Å². The molecule has 0 aromatic rings. The van der Waals surface area contributed by atoms with Crippen LogP contribution in [0.1, 0.15) is 187 Å². The molecule has 0 unspecified atom stereocenters. The minimum absolute atomic E-state index is 0.688. The lowest BCUT2D eigenvalue weighted by molar-refractivity contribution is 0.186. The van der Waals surface area contributed by atoms with Crippen molar-refractivity contribution in [3.8, 4) is 0 Å². The molecule has 1 heterocycles. The maximum Gasteiger partial charge on any atom is 0.352 e. The lowest BCUT2D eigenvalue weighted by Crippen LogP contribution is -2.75. The van der Waals surface area contributed by atoms with Crippen LogP contribution >= 0.6 is 0 Å². The second kappa shape index (κ2) is 21.5. The molecular formula is C54H108O9Si9. The van der Waals surface area contributed by atoms with Crippen molar-refractivity contribution in [2.75, 3.05) is 0 Å². The summed E-state index contributed by atoms with van der Waals surface area (Å²) in [6.45, 7) is 99.3. The molecule has 9 nitrogen and oxygen atoms in total. The van der Waals surface area contributed by atoms with Crippen LogP contribution in [0.4, 0.5) is 0 Å². The summed E-state index contributed by atoms with van der Waals surface area (Å²) in [5.74, 6) is 0. The fourth-order valence-electron chi connectivity index (χ4n) is 8.48. The number of hydrogen-bond acceptors (Lipinski definition) is 9. The normalized spacial score (nSPS) is 35.4. The minimum atomic E-state index is -3.93. The van der Waals surface area contributed by atoms with Crippen LogP contribution < -0.4 is 0 Å². The van der Waals surface area contributed by atoms with E-state index < -0.39 is 122 Å². The molecule has 1 rings (SSSR count). The summed E-state index contributed by atoms with van der Waals surface area (Å²) in [5.41, 5.74) is 17.1. The Morgan fingerprint density at radius 3 is 0.250 bits per heavy atom. The lowest BCUT2D eigenvalue weighted by atomic mass is 10.2. The zero-order valence-corrected chi connectivity index (χ0v) is 60.2. The molecule has 414 valence electrons. The monoisotopic (exact) mass is 1150 g/mol. The van der Waals surface area contributed by atoms with E-state index in [-0.39, 0.29) is 0 Å². The average Bonchev–Trinajstić information content (AvgIpc) is 3.19. The fourth-order valence-corrected chi connectivity index (χ4v) is 63.1. The first kappa shape index (κ1) is 69.3. The van der Waals surface area contributed by atoms with Gasteiger partial charge in [0.05, 0.1) is 0 Å². The van der Waals surface area contributed by atoms with Crippen molar-refractivity contribution in [2.45, 2.75) is 232 Å². The summed E-state index contributed by atoms with van der Waals surface area (Å²) >= 11 is 0. The standard InChI is InChI=1S/C54H108O9Si9/c1-37-64(46(10,11)12)55-65(38-2,47(13,14)15)57-67(40-4,49(19,20)21)59-69(42-6,51(25,26)27)61-71(44-8,53(31,32)33)63-72(45-9,54(34,35)36)62-70(43-7,52(28,29)30)60-68(41-5,50(22,23)24)58-66(39-3,56-64)48(16,17)18/h37-45H,1-9H2,10-36H3. The van der Waals surface area contributed by atoms with Gasteiger partial charge in [-0.05, 0) is 0 Å². The van der Waals surface area contributed by atoms with Gasteiger partial charge in [-0.15, -0.1) is 59.2 Å². The zero-order valence-electron chi connectivity index (χ0n) is 51.2. The van der Waals surface area contributed by atoms with Gasteiger partial charge in [-0.25, -0.2) is 0 Å². The maximum atomic E-state index is 8.13. The third kappa shape index (κ3) is 12.4. The summed E-state index contributed by atoms with van der Waals surface area (Å²) in [7, 11) is -35.3. The van der Waals surface area contributed by atoms with Gasteiger partial charge in [-0.1, -0.05) is 238 Å². The van der Waals surface area contributed by atoms with Gasteiger partial charge in [0.1, 0.15) is 0 Å². The Balaban J connectivity index is 5.65. The van der Waals surface area contributed by atoms with Crippen LogP contribution in [0.5, 0.6) is 0 Å². The Kier molecular flexibility index (Phi) is 20.7. The van der Waals surface area contributed by atoms with Crippen molar-refractivity contribution < 1.29 is 37.0 Å². The highest BCUT2D eigenvalue weighted by molar-refractivity contribution is 7.03. The molecule has 0 bridgehead atoms. The quantitative estimate of drug-likeness (QED) is 0.210. The molecule has 0 N–H and O–H groups in total. The molecule has 0 radical (unpaired) electrons. The van der Waals surface area contributed by atoms with Gasteiger partial charge in [-0.3, -0.25) is 0 Å². The molecule has 0 saturated carbocycles. The highest BCUT2D eigenvalue weighted by Crippen LogP contribution is 2.60. The van der Waals surface area contributed by atoms with Crippen molar-refractivity contribution in [1.82, 2.24) is 0 Å². The highest BCUT2D eigenvalue weighted by Gasteiger charge is 2.72. The van der Waals surface area contributed by atoms with E-state index in [9.17, 15) is 0 Å². The molecule has 0 amide bonds. The SMILES string of the molecule is C=C[Si]1(C(C)(C)C)O[Si](C=C)(C(C)(C)C)O[Si](C=C)(C(C)(C)C)O[Si](C=C)(C(C)(C)C)O[Si](C=C)(C(C)(C)C)O[Si](C=C)(C(C)(C)C)O[Si](C=C)(C(C)(C)C)O[Si](C=C)(C(C)(C)C)O[Si](C=C)(C(C)(C)C)O1. The largest absolute Gasteiger partial charge is 0.409 e. The maximum absolute atomic E-state index is 8.13. The Hall–Kier alpha value is -0.748. The first-order valence-electron chi connectivity index (χ1n) is 25.7. The molecule has 0 spiro atoms. The minimum Gasteiger partial charge on any atom is -0.409 e. The van der Waals surface area contributed by atoms with Crippen molar-refractivity contribution in [3.05, 3.63) is 111 Å². The number of rotatable bonds is 9. The van der Waals surface area contributed by atoms with Gasteiger partial charge in [0, 0.05) is 45.3 Å². The predicted octanol–water partition coefficient (Wildman–Crippen LogP) is 17.9. The van der Waals surface area contributed by atoms with Crippen molar-refractivity contribution in [1.29, 1.82) is 0 Å². The first-order chi connectivity index (χ1) is 31.7. The van der Waals surface area contributed by atoms with Gasteiger partial charge < -0.3 is 37.0 Å². The van der Waals surface area contributed by atoms with Gasteiger partial charge in [0.15, 0.2) is 0 Å². The van der Waals surface area contributed by atoms with Crippen molar-refractivity contribution in [2.24, 2.45) is 0 Å². The summed E-state index contributed by atoms with van der Waals surface area (Å²) in [6.07, 6.45) is 0. The Morgan fingerprint density at radius 2 is 0.222 bits per heavy atom. The molecule has 1 saturated heterocycles. The Labute approximate surface area is 454 Å². The van der Waals surface area contributed by atoms with Crippen LogP contribution in [0.15, 0.2) is 111 Å². The smallest absolute Gasteiger partial charge is 0.352 e. The van der Waals surface area contributed by atoms with E-state index >= 15 is 0 Å². The van der Waals surface area contributed by atoms with Crippen LogP contribution in [0.25, 0.3) is 0 Å². The van der Waals surface area contributed by atoms with E-state index in [1.54, 1.807) is 0 Å². The molecule has 72 heavy (non-hydrogen) atoms. The summed E-state index contributed by atoms with van der Waals surface area (Å²) in [5, 5.41) is -6.19. The first-order valence-corrected chi connectivity index (χ1v) is 42.7. The third-order valence-corrected chi connectivity index (χ3v) is 60.0. The van der Waals surface area contributed by atoms with Crippen LogP contribution in [-0.4, -0.2) is 77.0 Å². The topological polar surface area (TPSA) is 83.1 Å².